The molecule has 0 aliphatic carbocycles. The Labute approximate surface area is 98.2 Å². The van der Waals surface area contributed by atoms with Crippen LogP contribution in [0.25, 0.3) is 0 Å². The van der Waals surface area contributed by atoms with Gasteiger partial charge in [-0.2, -0.15) is 5.10 Å². The maximum Gasteiger partial charge on any atom is 0.0629 e. The molecule has 1 N–H and O–H groups in total. The van der Waals surface area contributed by atoms with Crippen LogP contribution < -0.4 is 5.32 Å². The van der Waals surface area contributed by atoms with Gasteiger partial charge in [-0.3, -0.25) is 4.68 Å². The fraction of sp³-hybridized carbons (Fsp3) is 0.769. The van der Waals surface area contributed by atoms with E-state index in [1.54, 1.807) is 0 Å². The van der Waals surface area contributed by atoms with Gasteiger partial charge in [0.15, 0.2) is 0 Å². The Morgan fingerprint density at radius 1 is 1.44 bits per heavy atom. The van der Waals surface area contributed by atoms with Gasteiger partial charge in [0.1, 0.15) is 0 Å². The molecule has 3 nitrogen and oxygen atoms in total. The van der Waals surface area contributed by atoms with E-state index in [1.807, 2.05) is 11.7 Å². The summed E-state index contributed by atoms with van der Waals surface area (Å²) in [6.07, 6.45) is 4.96. The molecule has 1 aromatic heterocycles. The van der Waals surface area contributed by atoms with E-state index < -0.39 is 0 Å². The average Bonchev–Trinajstić information content (AvgIpc) is 2.81. The lowest BCUT2D eigenvalue weighted by Gasteiger charge is -2.28. The highest BCUT2D eigenvalue weighted by Crippen LogP contribution is 2.29. The van der Waals surface area contributed by atoms with Gasteiger partial charge in [-0.05, 0) is 51.6 Å². The van der Waals surface area contributed by atoms with Gasteiger partial charge in [0.25, 0.3) is 0 Å². The molecular weight excluding hydrogens is 198 g/mol. The van der Waals surface area contributed by atoms with Crippen LogP contribution in [0.4, 0.5) is 0 Å². The van der Waals surface area contributed by atoms with Crippen molar-refractivity contribution in [3.63, 3.8) is 0 Å². The Hall–Kier alpha value is -0.830. The lowest BCUT2D eigenvalue weighted by molar-refractivity contribution is 0.358. The molecule has 1 atom stereocenters. The minimum absolute atomic E-state index is 0.332. The van der Waals surface area contributed by atoms with Gasteiger partial charge >= 0.3 is 0 Å². The second-order valence-electron chi connectivity index (χ2n) is 5.11. The first kappa shape index (κ1) is 11.6. The van der Waals surface area contributed by atoms with Crippen LogP contribution in [0.3, 0.4) is 0 Å². The zero-order valence-electron chi connectivity index (χ0n) is 10.9. The third-order valence-corrected chi connectivity index (χ3v) is 4.18. The van der Waals surface area contributed by atoms with Gasteiger partial charge in [0, 0.05) is 18.3 Å². The molecular formula is C13H23N3. The maximum absolute atomic E-state index is 4.51. The lowest BCUT2D eigenvalue weighted by Crippen LogP contribution is -2.41. The Morgan fingerprint density at radius 3 is 2.62 bits per heavy atom. The first-order valence-corrected chi connectivity index (χ1v) is 6.32. The number of aromatic nitrogens is 2. The summed E-state index contributed by atoms with van der Waals surface area (Å²) in [6.45, 7) is 7.76. The summed E-state index contributed by atoms with van der Waals surface area (Å²) in [5.41, 5.74) is 4.29. The zero-order chi connectivity index (χ0) is 11.8. The normalized spacial score (nSPS) is 25.2. The Morgan fingerprint density at radius 2 is 2.19 bits per heavy atom. The van der Waals surface area contributed by atoms with Gasteiger partial charge in [0.2, 0.25) is 0 Å². The molecule has 1 aliphatic heterocycles. The molecule has 1 saturated heterocycles. The number of hydrogen-bond donors (Lipinski definition) is 1. The van der Waals surface area contributed by atoms with Gasteiger partial charge in [-0.15, -0.1) is 0 Å². The molecule has 0 radical (unpaired) electrons. The quantitative estimate of drug-likeness (QED) is 0.847. The highest BCUT2D eigenvalue weighted by atomic mass is 15.3. The first-order chi connectivity index (χ1) is 7.58. The van der Waals surface area contributed by atoms with E-state index in [4.69, 9.17) is 0 Å². The molecule has 0 amide bonds. The minimum Gasteiger partial charge on any atom is -0.311 e. The molecule has 0 bridgehead atoms. The molecule has 90 valence electrons. The van der Waals surface area contributed by atoms with E-state index in [2.05, 4.69) is 31.2 Å². The van der Waals surface area contributed by atoms with Crippen LogP contribution in [-0.2, 0) is 13.5 Å². The Kier molecular flexibility index (Phi) is 3.06. The molecule has 16 heavy (non-hydrogen) atoms. The van der Waals surface area contributed by atoms with E-state index in [0.29, 0.717) is 5.54 Å². The largest absolute Gasteiger partial charge is 0.311 e. The highest BCUT2D eigenvalue weighted by Gasteiger charge is 2.33. The number of nitrogens with zero attached hydrogens (tertiary/aromatic N) is 2. The maximum atomic E-state index is 4.51. The van der Waals surface area contributed by atoms with Gasteiger partial charge < -0.3 is 5.32 Å². The first-order valence-electron chi connectivity index (χ1n) is 6.32. The van der Waals surface area contributed by atoms with Gasteiger partial charge in [-0.25, -0.2) is 0 Å². The summed E-state index contributed by atoms with van der Waals surface area (Å²) < 4.78 is 2.00. The van der Waals surface area contributed by atoms with Crippen LogP contribution in [0, 0.1) is 13.8 Å². The Balaban J connectivity index is 2.25. The van der Waals surface area contributed by atoms with Crippen LogP contribution in [-0.4, -0.2) is 21.9 Å². The summed E-state index contributed by atoms with van der Waals surface area (Å²) in [4.78, 5) is 0. The van der Waals surface area contributed by atoms with Crippen molar-refractivity contribution in [1.29, 1.82) is 0 Å². The molecule has 1 fully saturated rings. The molecule has 0 aromatic carbocycles. The summed E-state index contributed by atoms with van der Waals surface area (Å²) >= 11 is 0. The van der Waals surface area contributed by atoms with Crippen LogP contribution in [0.2, 0.25) is 0 Å². The second-order valence-corrected chi connectivity index (χ2v) is 5.11. The number of rotatable bonds is 3. The average molecular weight is 221 g/mol. The van der Waals surface area contributed by atoms with Gasteiger partial charge in [-0.1, -0.05) is 6.92 Å². The number of aryl methyl sites for hydroxylation is 2. The van der Waals surface area contributed by atoms with E-state index in [9.17, 15) is 0 Å². The summed E-state index contributed by atoms with van der Waals surface area (Å²) in [5, 5.41) is 8.20. The van der Waals surface area contributed by atoms with Crippen molar-refractivity contribution in [2.75, 3.05) is 6.54 Å². The molecule has 1 aromatic rings. The van der Waals surface area contributed by atoms with Crippen LogP contribution >= 0.6 is 0 Å². The van der Waals surface area contributed by atoms with Gasteiger partial charge in [0.05, 0.1) is 5.69 Å². The van der Waals surface area contributed by atoms with Crippen molar-refractivity contribution < 1.29 is 0 Å². The molecule has 3 heteroatoms. The Bertz CT molecular complexity index is 373. The van der Waals surface area contributed by atoms with E-state index in [-0.39, 0.29) is 0 Å². The molecule has 0 saturated carbocycles. The molecule has 2 heterocycles. The van der Waals surface area contributed by atoms with E-state index in [1.165, 1.54) is 42.8 Å². The zero-order valence-corrected chi connectivity index (χ0v) is 10.9. The van der Waals surface area contributed by atoms with Crippen LogP contribution in [0.15, 0.2) is 0 Å². The number of nitrogens with one attached hydrogen (secondary N) is 1. The van der Waals surface area contributed by atoms with Crippen LogP contribution in [0.1, 0.15) is 43.1 Å². The van der Waals surface area contributed by atoms with Crippen molar-refractivity contribution in [3.8, 4) is 0 Å². The summed E-state index contributed by atoms with van der Waals surface area (Å²) in [5.74, 6) is 0. The smallest absolute Gasteiger partial charge is 0.0629 e. The SMILES string of the molecule is CCC1(Cc2c(C)nn(C)c2C)CCCN1. The van der Waals surface area contributed by atoms with Crippen molar-refractivity contribution in [3.05, 3.63) is 17.0 Å². The van der Waals surface area contributed by atoms with E-state index >= 15 is 0 Å². The van der Waals surface area contributed by atoms with Crippen LogP contribution in [0.5, 0.6) is 0 Å². The van der Waals surface area contributed by atoms with Crippen molar-refractivity contribution >= 4 is 0 Å². The summed E-state index contributed by atoms with van der Waals surface area (Å²) in [6, 6.07) is 0. The number of hydrogen-bond acceptors (Lipinski definition) is 2. The van der Waals surface area contributed by atoms with Crippen molar-refractivity contribution in [1.82, 2.24) is 15.1 Å². The highest BCUT2D eigenvalue weighted by molar-refractivity contribution is 5.27. The monoisotopic (exact) mass is 221 g/mol. The summed E-state index contributed by atoms with van der Waals surface area (Å²) in [7, 11) is 2.03. The fourth-order valence-corrected chi connectivity index (χ4v) is 2.86. The predicted molar refractivity (Wildman–Crippen MR) is 66.6 cm³/mol. The molecule has 0 spiro atoms. The lowest BCUT2D eigenvalue weighted by atomic mass is 9.86. The third-order valence-electron chi connectivity index (χ3n) is 4.18. The second kappa shape index (κ2) is 4.21. The molecule has 1 unspecified atom stereocenters. The molecule has 1 aliphatic rings. The van der Waals surface area contributed by atoms with Crippen molar-refractivity contribution in [2.45, 2.75) is 52.0 Å². The predicted octanol–water partition coefficient (Wildman–Crippen LogP) is 2.11. The minimum atomic E-state index is 0.332. The fourth-order valence-electron chi connectivity index (χ4n) is 2.86. The third kappa shape index (κ3) is 1.88. The standard InChI is InChI=1S/C13H23N3/c1-5-13(7-6-8-14-13)9-12-10(2)15-16(4)11(12)3/h14H,5-9H2,1-4H3. The van der Waals surface area contributed by atoms with Crippen molar-refractivity contribution in [2.24, 2.45) is 7.05 Å². The van der Waals surface area contributed by atoms with E-state index in [0.717, 1.165) is 6.42 Å². The topological polar surface area (TPSA) is 29.9 Å². The molecule has 2 rings (SSSR count).